The number of aliphatic hydroxyl groups is 1. The fourth-order valence-corrected chi connectivity index (χ4v) is 7.75. The van der Waals surface area contributed by atoms with E-state index in [9.17, 15) is 5.11 Å². The molecule has 0 heterocycles. The third-order valence-electron chi connectivity index (χ3n) is 9.69. The van der Waals surface area contributed by atoms with Crippen molar-refractivity contribution in [3.8, 4) is 0 Å². The van der Waals surface area contributed by atoms with Crippen molar-refractivity contribution >= 4 is 8.32 Å². The van der Waals surface area contributed by atoms with Crippen LogP contribution < -0.4 is 5.32 Å². The molecular weight excluding hydrogens is 498 g/mol. The Kier molecular flexibility index (Phi) is 13.1. The lowest BCUT2D eigenvalue weighted by atomic mass is 9.76. The fraction of sp³-hybridized carbons (Fsp3) is 0.765. The van der Waals surface area contributed by atoms with E-state index in [1.807, 2.05) is 6.26 Å². The molecule has 2 N–H and O–H groups in total. The topological polar surface area (TPSA) is 50.7 Å². The van der Waals surface area contributed by atoms with Gasteiger partial charge in [-0.3, -0.25) is 0 Å². The molecule has 2 fully saturated rings. The number of hydrogen-bond donors (Lipinski definition) is 2. The molecule has 0 aromatic heterocycles. The van der Waals surface area contributed by atoms with Crippen LogP contribution in [0.3, 0.4) is 0 Å². The van der Waals surface area contributed by atoms with Crippen LogP contribution in [0.2, 0.25) is 18.1 Å². The van der Waals surface area contributed by atoms with Crippen molar-refractivity contribution < 1.29 is 14.3 Å². The minimum atomic E-state index is -1.82. The molecule has 222 valence electrons. The van der Waals surface area contributed by atoms with E-state index in [-0.39, 0.29) is 23.4 Å². The van der Waals surface area contributed by atoms with Crippen molar-refractivity contribution in [2.24, 2.45) is 11.8 Å². The van der Waals surface area contributed by atoms with Gasteiger partial charge < -0.3 is 19.6 Å². The second-order valence-corrected chi connectivity index (χ2v) is 18.7. The molecular formula is C34H59NO3Si. The summed E-state index contributed by atoms with van der Waals surface area (Å²) in [5, 5.41) is 15.4. The zero-order valence-corrected chi connectivity index (χ0v) is 27.0. The van der Waals surface area contributed by atoms with Crippen molar-refractivity contribution in [1.29, 1.82) is 0 Å². The van der Waals surface area contributed by atoms with E-state index in [4.69, 9.17) is 9.16 Å². The molecule has 0 amide bonds. The maximum absolute atomic E-state index is 11.4. The predicted octanol–water partition coefficient (Wildman–Crippen LogP) is 8.76. The first-order valence-corrected chi connectivity index (χ1v) is 18.9. The van der Waals surface area contributed by atoms with Gasteiger partial charge in [0.15, 0.2) is 8.32 Å². The van der Waals surface area contributed by atoms with E-state index in [1.165, 1.54) is 56.9 Å². The van der Waals surface area contributed by atoms with Crippen LogP contribution in [0.1, 0.15) is 110 Å². The fourth-order valence-electron chi connectivity index (χ4n) is 6.29. The Bertz CT molecular complexity index is 825. The van der Waals surface area contributed by atoms with Gasteiger partial charge in [-0.05, 0) is 87.1 Å². The molecule has 2 saturated carbocycles. The maximum atomic E-state index is 11.4. The highest BCUT2D eigenvalue weighted by Crippen LogP contribution is 2.38. The van der Waals surface area contributed by atoms with Crippen LogP contribution in [-0.2, 0) is 15.7 Å². The van der Waals surface area contributed by atoms with Crippen molar-refractivity contribution in [2.75, 3.05) is 0 Å². The highest BCUT2D eigenvalue weighted by molar-refractivity contribution is 6.74. The van der Waals surface area contributed by atoms with Gasteiger partial charge in [-0.2, -0.15) is 0 Å². The normalized spacial score (nSPS) is 21.5. The third kappa shape index (κ3) is 10.6. The SMILES string of the molecule is C[C@H](CC(C/C=C/O[C@@H](C1CCCCC1)[C@@H](O)C1CCCCC1)NCc1ccccc1)O[Si](C)(C)C(C)(C)C. The smallest absolute Gasteiger partial charge is 0.192 e. The lowest BCUT2D eigenvalue weighted by molar-refractivity contribution is -0.0690. The Labute approximate surface area is 241 Å². The van der Waals surface area contributed by atoms with Gasteiger partial charge in [0.1, 0.15) is 6.10 Å². The van der Waals surface area contributed by atoms with E-state index < -0.39 is 8.32 Å². The summed E-state index contributed by atoms with van der Waals surface area (Å²) < 4.78 is 13.2. The Hall–Kier alpha value is -1.14. The van der Waals surface area contributed by atoms with Crippen LogP contribution >= 0.6 is 0 Å². The zero-order chi connectivity index (χ0) is 28.3. The minimum absolute atomic E-state index is 0.0683. The van der Waals surface area contributed by atoms with Crippen LogP contribution in [0, 0.1) is 11.8 Å². The molecule has 0 saturated heterocycles. The number of hydrogen-bond acceptors (Lipinski definition) is 4. The van der Waals surface area contributed by atoms with Gasteiger partial charge in [0.05, 0.1) is 12.4 Å². The summed E-state index contributed by atoms with van der Waals surface area (Å²) in [6.45, 7) is 14.7. The van der Waals surface area contributed by atoms with Gasteiger partial charge in [-0.15, -0.1) is 0 Å². The van der Waals surface area contributed by atoms with Gasteiger partial charge in [-0.25, -0.2) is 0 Å². The number of aliphatic hydroxyl groups excluding tert-OH is 1. The third-order valence-corrected chi connectivity index (χ3v) is 14.3. The van der Waals surface area contributed by atoms with E-state index in [2.05, 4.69) is 82.5 Å². The Morgan fingerprint density at radius 3 is 2.13 bits per heavy atom. The second kappa shape index (κ2) is 15.7. The summed E-state index contributed by atoms with van der Waals surface area (Å²) in [6, 6.07) is 10.9. The molecule has 1 aromatic carbocycles. The highest BCUT2D eigenvalue weighted by atomic mass is 28.4. The van der Waals surface area contributed by atoms with Crippen LogP contribution in [0.5, 0.6) is 0 Å². The molecule has 3 rings (SSSR count). The molecule has 39 heavy (non-hydrogen) atoms. The van der Waals surface area contributed by atoms with Gasteiger partial charge in [0, 0.05) is 18.7 Å². The second-order valence-electron chi connectivity index (χ2n) is 14.0. The van der Waals surface area contributed by atoms with Crippen molar-refractivity contribution in [2.45, 2.75) is 154 Å². The molecule has 1 aromatic rings. The Balaban J connectivity index is 1.63. The van der Waals surface area contributed by atoms with Gasteiger partial charge in [0.25, 0.3) is 0 Å². The van der Waals surface area contributed by atoms with Gasteiger partial charge in [-0.1, -0.05) is 89.6 Å². The van der Waals surface area contributed by atoms with Crippen molar-refractivity contribution in [3.63, 3.8) is 0 Å². The maximum Gasteiger partial charge on any atom is 0.192 e. The van der Waals surface area contributed by atoms with E-state index in [0.29, 0.717) is 17.9 Å². The van der Waals surface area contributed by atoms with Gasteiger partial charge in [0.2, 0.25) is 0 Å². The lowest BCUT2D eigenvalue weighted by Gasteiger charge is -2.39. The largest absolute Gasteiger partial charge is 0.495 e. The molecule has 5 heteroatoms. The first kappa shape index (κ1) is 32.4. The predicted molar refractivity (Wildman–Crippen MR) is 167 cm³/mol. The summed E-state index contributed by atoms with van der Waals surface area (Å²) in [7, 11) is -1.82. The Morgan fingerprint density at radius 2 is 1.54 bits per heavy atom. The monoisotopic (exact) mass is 557 g/mol. The molecule has 4 atom stereocenters. The summed E-state index contributed by atoms with van der Waals surface area (Å²) in [5.41, 5.74) is 1.30. The number of nitrogens with one attached hydrogen (secondary N) is 1. The zero-order valence-electron chi connectivity index (χ0n) is 26.0. The summed E-state index contributed by atoms with van der Waals surface area (Å²) in [6.07, 6.45) is 18.1. The average Bonchev–Trinajstić information content (AvgIpc) is 2.92. The standard InChI is InChI=1S/C34H59NO3Si/c1-27(38-39(5,6)34(2,3)4)25-31(35-26-28-17-10-7-11-18-28)23-16-24-37-33(30-21-14-9-15-22-30)32(36)29-19-12-8-13-20-29/h7,10-11,16-18,24,27,29-33,35-36H,8-9,12-15,19-23,25-26H2,1-6H3/b24-16+/t27-,31?,32+,33+/m1/s1. The molecule has 0 radical (unpaired) electrons. The van der Waals surface area contributed by atoms with Crippen molar-refractivity contribution in [3.05, 3.63) is 48.2 Å². The Morgan fingerprint density at radius 1 is 0.949 bits per heavy atom. The summed E-state index contributed by atoms with van der Waals surface area (Å²) in [5.74, 6) is 0.873. The molecule has 1 unspecified atom stereocenters. The van der Waals surface area contributed by atoms with E-state index in [0.717, 1.165) is 32.2 Å². The molecule has 0 spiro atoms. The first-order chi connectivity index (χ1) is 18.6. The highest BCUT2D eigenvalue weighted by Gasteiger charge is 2.39. The van der Waals surface area contributed by atoms with Crippen LogP contribution in [0.4, 0.5) is 0 Å². The molecule has 0 bridgehead atoms. The van der Waals surface area contributed by atoms with Crippen LogP contribution in [0.25, 0.3) is 0 Å². The molecule has 4 nitrogen and oxygen atoms in total. The summed E-state index contributed by atoms with van der Waals surface area (Å²) in [4.78, 5) is 0. The molecule has 2 aliphatic carbocycles. The number of ether oxygens (including phenoxy) is 1. The quantitative estimate of drug-likeness (QED) is 0.177. The molecule has 2 aliphatic rings. The number of rotatable bonds is 14. The van der Waals surface area contributed by atoms with Crippen molar-refractivity contribution in [1.82, 2.24) is 5.32 Å². The van der Waals surface area contributed by atoms with Gasteiger partial charge >= 0.3 is 0 Å². The lowest BCUT2D eigenvalue weighted by Crippen LogP contribution is -2.44. The summed E-state index contributed by atoms with van der Waals surface area (Å²) >= 11 is 0. The van der Waals surface area contributed by atoms with Crippen LogP contribution in [-0.4, -0.2) is 37.8 Å². The molecule has 0 aliphatic heterocycles. The van der Waals surface area contributed by atoms with E-state index >= 15 is 0 Å². The average molecular weight is 558 g/mol. The van der Waals surface area contributed by atoms with Crippen LogP contribution in [0.15, 0.2) is 42.7 Å². The number of benzene rings is 1. The minimum Gasteiger partial charge on any atom is -0.495 e. The first-order valence-electron chi connectivity index (χ1n) is 16.0. The van der Waals surface area contributed by atoms with E-state index in [1.54, 1.807) is 0 Å².